The third-order valence-electron chi connectivity index (χ3n) is 2.44. The zero-order chi connectivity index (χ0) is 9.97. The highest BCUT2D eigenvalue weighted by Gasteiger charge is 2.13. The van der Waals surface area contributed by atoms with Crippen LogP contribution in [0.3, 0.4) is 0 Å². The van der Waals surface area contributed by atoms with Crippen molar-refractivity contribution in [2.45, 2.75) is 0 Å². The van der Waals surface area contributed by atoms with Gasteiger partial charge in [0.2, 0.25) is 0 Å². The molecule has 1 aromatic heterocycles. The average molecular weight is 267 g/mol. The van der Waals surface area contributed by atoms with Crippen molar-refractivity contribution < 1.29 is 0 Å². The van der Waals surface area contributed by atoms with Crippen LogP contribution in [0.4, 0.5) is 5.69 Å². The lowest BCUT2D eigenvalue weighted by atomic mass is 10.3. The largest absolute Gasteiger partial charge is 0.364 e. The molecular formula is C9H16Cl2N4O. The van der Waals surface area contributed by atoms with Gasteiger partial charge >= 0.3 is 0 Å². The van der Waals surface area contributed by atoms with Gasteiger partial charge < -0.3 is 10.2 Å². The molecular weight excluding hydrogens is 251 g/mol. The molecule has 16 heavy (non-hydrogen) atoms. The Bertz CT molecular complexity index is 376. The molecule has 0 unspecified atom stereocenters. The van der Waals surface area contributed by atoms with Crippen molar-refractivity contribution in [1.29, 1.82) is 0 Å². The summed E-state index contributed by atoms with van der Waals surface area (Å²) < 4.78 is 1.37. The first-order valence-electron chi connectivity index (χ1n) is 4.77. The van der Waals surface area contributed by atoms with E-state index in [4.69, 9.17) is 0 Å². The molecule has 1 aliphatic heterocycles. The standard InChI is InChI=1S/C9H14N4O.2ClH/c1-12-9(14)8(2-3-11-12)13-6-4-10-5-7-13;;/h2-3,10H,4-7H2,1H3;2*1H. The van der Waals surface area contributed by atoms with E-state index in [1.165, 1.54) is 4.68 Å². The number of nitrogens with zero attached hydrogens (tertiary/aromatic N) is 3. The van der Waals surface area contributed by atoms with Crippen LogP contribution in [-0.4, -0.2) is 36.0 Å². The van der Waals surface area contributed by atoms with Crippen molar-refractivity contribution in [3.8, 4) is 0 Å². The molecule has 0 aliphatic carbocycles. The smallest absolute Gasteiger partial charge is 0.290 e. The summed E-state index contributed by atoms with van der Waals surface area (Å²) >= 11 is 0. The second kappa shape index (κ2) is 6.73. The van der Waals surface area contributed by atoms with E-state index in [1.807, 2.05) is 0 Å². The van der Waals surface area contributed by atoms with Gasteiger partial charge in [-0.1, -0.05) is 0 Å². The maximum atomic E-state index is 11.7. The first kappa shape index (κ1) is 15.2. The highest BCUT2D eigenvalue weighted by atomic mass is 35.5. The van der Waals surface area contributed by atoms with Gasteiger partial charge in [0.25, 0.3) is 5.56 Å². The minimum Gasteiger partial charge on any atom is -0.364 e. The molecule has 92 valence electrons. The molecule has 0 spiro atoms. The second-order valence-electron chi connectivity index (χ2n) is 3.38. The third kappa shape index (κ3) is 3.10. The molecule has 0 radical (unpaired) electrons. The van der Waals surface area contributed by atoms with E-state index in [0.29, 0.717) is 0 Å². The summed E-state index contributed by atoms with van der Waals surface area (Å²) in [6, 6.07) is 1.79. The van der Waals surface area contributed by atoms with Crippen molar-refractivity contribution in [2.24, 2.45) is 7.05 Å². The minimum atomic E-state index is -0.0191. The van der Waals surface area contributed by atoms with Gasteiger partial charge in [-0.15, -0.1) is 24.8 Å². The number of halogens is 2. The number of nitrogens with one attached hydrogen (secondary N) is 1. The quantitative estimate of drug-likeness (QED) is 0.780. The molecule has 5 nitrogen and oxygen atoms in total. The molecule has 1 saturated heterocycles. The maximum Gasteiger partial charge on any atom is 0.290 e. The Hall–Kier alpha value is -0.780. The molecule has 0 amide bonds. The van der Waals surface area contributed by atoms with Crippen LogP contribution < -0.4 is 15.8 Å². The molecule has 0 aromatic carbocycles. The van der Waals surface area contributed by atoms with E-state index >= 15 is 0 Å². The van der Waals surface area contributed by atoms with Crippen LogP contribution in [0.2, 0.25) is 0 Å². The van der Waals surface area contributed by atoms with E-state index in [1.54, 1.807) is 19.3 Å². The summed E-state index contributed by atoms with van der Waals surface area (Å²) in [5.74, 6) is 0. The Balaban J connectivity index is 0.00000112. The number of piperazine rings is 1. The molecule has 2 heterocycles. The van der Waals surface area contributed by atoms with Crippen LogP contribution in [0.25, 0.3) is 0 Å². The Morgan fingerprint density at radius 2 is 1.94 bits per heavy atom. The molecule has 1 aromatic rings. The van der Waals surface area contributed by atoms with Gasteiger partial charge in [-0.3, -0.25) is 4.79 Å². The van der Waals surface area contributed by atoms with Gasteiger partial charge in [0, 0.05) is 39.4 Å². The number of anilines is 1. The van der Waals surface area contributed by atoms with Gasteiger partial charge in [-0.05, 0) is 6.07 Å². The fourth-order valence-corrected chi connectivity index (χ4v) is 1.64. The summed E-state index contributed by atoms with van der Waals surface area (Å²) in [5, 5.41) is 7.15. The summed E-state index contributed by atoms with van der Waals surface area (Å²) in [6.45, 7) is 3.65. The molecule has 1 N–H and O–H groups in total. The molecule has 7 heteroatoms. The van der Waals surface area contributed by atoms with Crippen molar-refractivity contribution >= 4 is 30.5 Å². The Labute approximate surface area is 107 Å². The van der Waals surface area contributed by atoms with Crippen LogP contribution in [0, 0.1) is 0 Å². The van der Waals surface area contributed by atoms with E-state index < -0.39 is 0 Å². The average Bonchev–Trinajstić information content (AvgIpc) is 2.23. The van der Waals surface area contributed by atoms with Crippen molar-refractivity contribution in [3.63, 3.8) is 0 Å². The topological polar surface area (TPSA) is 50.2 Å². The highest BCUT2D eigenvalue weighted by molar-refractivity contribution is 5.85. The summed E-state index contributed by atoms with van der Waals surface area (Å²) in [7, 11) is 1.67. The third-order valence-corrected chi connectivity index (χ3v) is 2.44. The van der Waals surface area contributed by atoms with Crippen LogP contribution in [0.1, 0.15) is 0 Å². The Morgan fingerprint density at radius 3 is 2.56 bits per heavy atom. The van der Waals surface area contributed by atoms with Crippen molar-refractivity contribution in [2.75, 3.05) is 31.1 Å². The van der Waals surface area contributed by atoms with E-state index in [-0.39, 0.29) is 30.4 Å². The zero-order valence-electron chi connectivity index (χ0n) is 9.05. The molecule has 1 fully saturated rings. The fraction of sp³-hybridized carbons (Fsp3) is 0.556. The van der Waals surface area contributed by atoms with Crippen LogP contribution >= 0.6 is 24.8 Å². The number of aryl methyl sites for hydroxylation is 1. The lowest BCUT2D eigenvalue weighted by Gasteiger charge is -2.28. The number of aromatic nitrogens is 2. The zero-order valence-corrected chi connectivity index (χ0v) is 10.7. The lowest BCUT2D eigenvalue weighted by molar-refractivity contribution is 0.582. The lowest BCUT2D eigenvalue weighted by Crippen LogP contribution is -2.46. The highest BCUT2D eigenvalue weighted by Crippen LogP contribution is 2.06. The fourth-order valence-electron chi connectivity index (χ4n) is 1.64. The molecule has 0 bridgehead atoms. The molecule has 0 atom stereocenters. The molecule has 0 saturated carbocycles. The van der Waals surface area contributed by atoms with E-state index in [2.05, 4.69) is 15.3 Å². The van der Waals surface area contributed by atoms with Gasteiger partial charge in [0.05, 0.1) is 0 Å². The molecule has 1 aliphatic rings. The summed E-state index contributed by atoms with van der Waals surface area (Å²) in [5.41, 5.74) is 0.735. The van der Waals surface area contributed by atoms with E-state index in [0.717, 1.165) is 31.9 Å². The number of hydrogen-bond donors (Lipinski definition) is 1. The second-order valence-corrected chi connectivity index (χ2v) is 3.38. The number of hydrogen-bond acceptors (Lipinski definition) is 4. The Morgan fingerprint density at radius 1 is 1.31 bits per heavy atom. The summed E-state index contributed by atoms with van der Waals surface area (Å²) in [4.78, 5) is 13.8. The SMILES string of the molecule is Cl.Cl.Cn1nccc(N2CCNCC2)c1=O. The van der Waals surface area contributed by atoms with Gasteiger partial charge in [-0.2, -0.15) is 5.10 Å². The van der Waals surface area contributed by atoms with Crippen molar-refractivity contribution in [3.05, 3.63) is 22.6 Å². The minimum absolute atomic E-state index is 0. The maximum absolute atomic E-state index is 11.7. The van der Waals surface area contributed by atoms with Gasteiger partial charge in [0.15, 0.2) is 0 Å². The van der Waals surface area contributed by atoms with E-state index in [9.17, 15) is 4.79 Å². The molecule has 2 rings (SSSR count). The summed E-state index contributed by atoms with van der Waals surface area (Å²) in [6.07, 6.45) is 1.67. The van der Waals surface area contributed by atoms with Crippen LogP contribution in [-0.2, 0) is 7.05 Å². The van der Waals surface area contributed by atoms with Crippen molar-refractivity contribution in [1.82, 2.24) is 15.1 Å². The first-order valence-corrected chi connectivity index (χ1v) is 4.77. The van der Waals surface area contributed by atoms with Gasteiger partial charge in [0.1, 0.15) is 5.69 Å². The Kier molecular flexibility index (Phi) is 6.40. The van der Waals surface area contributed by atoms with Gasteiger partial charge in [-0.25, -0.2) is 4.68 Å². The van der Waals surface area contributed by atoms with Crippen LogP contribution in [0.15, 0.2) is 17.1 Å². The predicted octanol–water partition coefficient (Wildman–Crippen LogP) is 0.0335. The number of rotatable bonds is 1. The predicted molar refractivity (Wildman–Crippen MR) is 69.1 cm³/mol. The monoisotopic (exact) mass is 266 g/mol. The van der Waals surface area contributed by atoms with Crippen LogP contribution in [0.5, 0.6) is 0 Å². The first-order chi connectivity index (χ1) is 6.79. The normalized spacial score (nSPS) is 14.9.